The summed E-state index contributed by atoms with van der Waals surface area (Å²) in [5.74, 6) is 0.0685. The van der Waals surface area contributed by atoms with Crippen LogP contribution in [0.15, 0.2) is 87.6 Å². The number of carbonyl (C=O) groups excluding carboxylic acids is 2. The van der Waals surface area contributed by atoms with Crippen LogP contribution in [-0.4, -0.2) is 16.3 Å². The summed E-state index contributed by atoms with van der Waals surface area (Å²) in [5, 5.41) is 1.83. The van der Waals surface area contributed by atoms with Gasteiger partial charge in [0.2, 0.25) is 11.5 Å². The molecule has 1 aliphatic heterocycles. The van der Waals surface area contributed by atoms with Crippen LogP contribution >= 0.6 is 15.9 Å². The van der Waals surface area contributed by atoms with E-state index >= 15 is 0 Å². The standard InChI is InChI=1S/C28H18BrNO5/c1-2-30-15-17(20-5-3-4-6-22(20)30)13-25-27(31)21-9-8-19(14-24(21)35-25)33-28(32)26-12-16-11-18(29)7-10-23(16)34-26/h3-15H,2H2,1H3/b25-13-. The summed E-state index contributed by atoms with van der Waals surface area (Å²) in [4.78, 5) is 25.6. The average Bonchev–Trinajstić information content (AvgIpc) is 3.53. The zero-order valence-corrected chi connectivity index (χ0v) is 20.2. The van der Waals surface area contributed by atoms with Crippen molar-refractivity contribution in [3.05, 3.63) is 100 Å². The van der Waals surface area contributed by atoms with Crippen LogP contribution in [0.5, 0.6) is 11.5 Å². The summed E-state index contributed by atoms with van der Waals surface area (Å²) in [6.45, 7) is 2.89. The fourth-order valence-corrected chi connectivity index (χ4v) is 4.67. The Kier molecular flexibility index (Phi) is 5.07. The van der Waals surface area contributed by atoms with E-state index in [9.17, 15) is 9.59 Å². The number of rotatable bonds is 4. The van der Waals surface area contributed by atoms with E-state index in [2.05, 4.69) is 27.4 Å². The Bertz CT molecular complexity index is 1690. The van der Waals surface area contributed by atoms with Gasteiger partial charge in [0.25, 0.3) is 0 Å². The second-order valence-electron chi connectivity index (χ2n) is 8.17. The summed E-state index contributed by atoms with van der Waals surface area (Å²) < 4.78 is 20.0. The smallest absolute Gasteiger partial charge is 0.379 e. The van der Waals surface area contributed by atoms with Gasteiger partial charge in [-0.05, 0) is 55.5 Å². The number of ether oxygens (including phenoxy) is 2. The van der Waals surface area contributed by atoms with Crippen LogP contribution in [0.4, 0.5) is 0 Å². The summed E-state index contributed by atoms with van der Waals surface area (Å²) in [7, 11) is 0. The molecule has 5 aromatic rings. The summed E-state index contributed by atoms with van der Waals surface area (Å²) in [6, 6.07) is 19.8. The highest BCUT2D eigenvalue weighted by Crippen LogP contribution is 2.36. The first kappa shape index (κ1) is 21.4. The topological polar surface area (TPSA) is 70.7 Å². The van der Waals surface area contributed by atoms with E-state index in [0.717, 1.165) is 32.9 Å². The van der Waals surface area contributed by atoms with Gasteiger partial charge in [0.1, 0.15) is 17.1 Å². The molecule has 0 fully saturated rings. The molecule has 0 saturated carbocycles. The number of esters is 1. The number of para-hydroxylation sites is 1. The maximum atomic E-state index is 13.0. The van der Waals surface area contributed by atoms with Crippen molar-refractivity contribution in [1.82, 2.24) is 4.57 Å². The zero-order valence-electron chi connectivity index (χ0n) is 18.6. The molecule has 7 heteroatoms. The number of allylic oxidation sites excluding steroid dienone is 1. The molecular weight excluding hydrogens is 510 g/mol. The molecule has 35 heavy (non-hydrogen) atoms. The fourth-order valence-electron chi connectivity index (χ4n) is 4.30. The minimum atomic E-state index is -0.635. The molecule has 3 heterocycles. The Labute approximate surface area is 208 Å². The van der Waals surface area contributed by atoms with Gasteiger partial charge in [0.05, 0.1) is 5.56 Å². The van der Waals surface area contributed by atoms with E-state index in [1.54, 1.807) is 36.4 Å². The number of hydrogen-bond donors (Lipinski definition) is 0. The molecule has 0 atom stereocenters. The normalized spacial score (nSPS) is 14.0. The maximum absolute atomic E-state index is 13.0. The van der Waals surface area contributed by atoms with Crippen molar-refractivity contribution in [2.24, 2.45) is 0 Å². The lowest BCUT2D eigenvalue weighted by molar-refractivity contribution is 0.0703. The highest BCUT2D eigenvalue weighted by molar-refractivity contribution is 9.10. The number of benzene rings is 3. The molecule has 0 radical (unpaired) electrons. The molecule has 172 valence electrons. The van der Waals surface area contributed by atoms with Gasteiger partial charge in [0, 0.05) is 45.1 Å². The first-order chi connectivity index (χ1) is 17.0. The number of fused-ring (bicyclic) bond motifs is 3. The van der Waals surface area contributed by atoms with Crippen molar-refractivity contribution >= 4 is 55.6 Å². The Morgan fingerprint density at radius 2 is 1.94 bits per heavy atom. The number of ketones is 1. The van der Waals surface area contributed by atoms with Crippen LogP contribution in [-0.2, 0) is 6.54 Å². The van der Waals surface area contributed by atoms with Gasteiger partial charge in [0.15, 0.2) is 5.76 Å². The number of Topliss-reactive ketones (excluding diaryl/α,β-unsaturated/α-hetero) is 1. The minimum Gasteiger partial charge on any atom is -0.452 e. The van der Waals surface area contributed by atoms with Crippen LogP contribution in [0, 0.1) is 0 Å². The predicted octanol–water partition coefficient (Wildman–Crippen LogP) is 7.01. The molecule has 0 unspecified atom stereocenters. The van der Waals surface area contributed by atoms with Crippen LogP contribution < -0.4 is 9.47 Å². The highest BCUT2D eigenvalue weighted by atomic mass is 79.9. The molecule has 0 bridgehead atoms. The number of aromatic nitrogens is 1. The number of nitrogens with zero attached hydrogens (tertiary/aromatic N) is 1. The van der Waals surface area contributed by atoms with Gasteiger partial charge < -0.3 is 18.5 Å². The lowest BCUT2D eigenvalue weighted by Crippen LogP contribution is -2.07. The number of hydrogen-bond acceptors (Lipinski definition) is 5. The number of furan rings is 1. The molecule has 6 rings (SSSR count). The zero-order chi connectivity index (χ0) is 24.1. The molecule has 3 aromatic carbocycles. The van der Waals surface area contributed by atoms with Gasteiger partial charge in [-0.1, -0.05) is 34.1 Å². The Hall–Kier alpha value is -4.10. The largest absolute Gasteiger partial charge is 0.452 e. The quantitative estimate of drug-likeness (QED) is 0.143. The first-order valence-electron chi connectivity index (χ1n) is 11.1. The Balaban J connectivity index is 1.27. The molecule has 0 aliphatic carbocycles. The monoisotopic (exact) mass is 527 g/mol. The molecule has 0 spiro atoms. The van der Waals surface area contributed by atoms with E-state index in [1.807, 2.05) is 42.6 Å². The van der Waals surface area contributed by atoms with Crippen molar-refractivity contribution in [3.63, 3.8) is 0 Å². The summed E-state index contributed by atoms with van der Waals surface area (Å²) >= 11 is 3.40. The Morgan fingerprint density at radius 1 is 1.09 bits per heavy atom. The third-order valence-electron chi connectivity index (χ3n) is 5.98. The molecule has 0 amide bonds. The lowest BCUT2D eigenvalue weighted by Gasteiger charge is -2.04. The highest BCUT2D eigenvalue weighted by Gasteiger charge is 2.28. The predicted molar refractivity (Wildman–Crippen MR) is 136 cm³/mol. The minimum absolute atomic E-state index is 0.0866. The molecule has 0 N–H and O–H groups in total. The van der Waals surface area contributed by atoms with Crippen LogP contribution in [0.3, 0.4) is 0 Å². The third-order valence-corrected chi connectivity index (χ3v) is 6.47. The molecule has 2 aromatic heterocycles. The lowest BCUT2D eigenvalue weighted by atomic mass is 10.1. The first-order valence-corrected chi connectivity index (χ1v) is 11.9. The summed E-state index contributed by atoms with van der Waals surface area (Å²) in [6.07, 6.45) is 3.77. The number of aryl methyl sites for hydroxylation is 1. The van der Waals surface area contributed by atoms with E-state index in [1.165, 1.54) is 0 Å². The molecule has 6 nitrogen and oxygen atoms in total. The van der Waals surface area contributed by atoms with E-state index < -0.39 is 5.97 Å². The summed E-state index contributed by atoms with van der Waals surface area (Å²) in [5.41, 5.74) is 3.00. The van der Waals surface area contributed by atoms with Gasteiger partial charge in [-0.3, -0.25) is 4.79 Å². The van der Waals surface area contributed by atoms with E-state index in [0.29, 0.717) is 16.9 Å². The van der Waals surface area contributed by atoms with Crippen LogP contribution in [0.25, 0.3) is 27.9 Å². The van der Waals surface area contributed by atoms with Crippen LogP contribution in [0.1, 0.15) is 33.4 Å². The number of halogens is 1. The third kappa shape index (κ3) is 3.74. The Morgan fingerprint density at radius 3 is 2.80 bits per heavy atom. The molecule has 1 aliphatic rings. The van der Waals surface area contributed by atoms with Crippen LogP contribution in [0.2, 0.25) is 0 Å². The second-order valence-corrected chi connectivity index (χ2v) is 9.08. The average molecular weight is 528 g/mol. The maximum Gasteiger partial charge on any atom is 0.379 e. The molecule has 0 saturated heterocycles. The van der Waals surface area contributed by atoms with Crippen molar-refractivity contribution in [3.8, 4) is 11.5 Å². The van der Waals surface area contributed by atoms with Crippen molar-refractivity contribution in [2.45, 2.75) is 13.5 Å². The number of carbonyl (C=O) groups is 2. The fraction of sp³-hybridized carbons (Fsp3) is 0.0714. The second kappa shape index (κ2) is 8.29. The van der Waals surface area contributed by atoms with Gasteiger partial charge in [-0.15, -0.1) is 0 Å². The van der Waals surface area contributed by atoms with Crippen molar-refractivity contribution < 1.29 is 23.5 Å². The SMILES string of the molecule is CCn1cc(/C=C2\Oc3cc(OC(=O)c4cc5cc(Br)ccc5o4)ccc3C2=O)c2ccccc21. The van der Waals surface area contributed by atoms with Crippen molar-refractivity contribution in [2.75, 3.05) is 0 Å². The van der Waals surface area contributed by atoms with Gasteiger partial charge >= 0.3 is 5.97 Å². The van der Waals surface area contributed by atoms with E-state index in [-0.39, 0.29) is 23.1 Å². The van der Waals surface area contributed by atoms with E-state index in [4.69, 9.17) is 13.9 Å². The molecular formula is C28H18BrNO5. The van der Waals surface area contributed by atoms with Gasteiger partial charge in [-0.25, -0.2) is 4.79 Å². The van der Waals surface area contributed by atoms with Crippen molar-refractivity contribution in [1.29, 1.82) is 0 Å². The van der Waals surface area contributed by atoms with Gasteiger partial charge in [-0.2, -0.15) is 0 Å².